The largest absolute Gasteiger partial charge is 0.0617 e. The molecule has 0 aliphatic rings. The SMILES string of the molecule is CC(C)(C)c1cc(C(C)(C)C)c(C(C)(C)c2c(C(C)(C)C)cccc2C(C)(C)C)cc1C(C)(C)C. The van der Waals surface area contributed by atoms with Crippen molar-refractivity contribution in [3.8, 4) is 0 Å². The number of rotatable bonds is 2. The molecule has 0 heteroatoms. The van der Waals surface area contributed by atoms with Crippen LogP contribution < -0.4 is 0 Å². The van der Waals surface area contributed by atoms with Crippen molar-refractivity contribution in [1.29, 1.82) is 0 Å². The summed E-state index contributed by atoms with van der Waals surface area (Å²) in [6.45, 7) is 40.5. The predicted octanol–water partition coefficient (Wildman–Crippen LogP) is 10.5. The Morgan fingerprint density at radius 1 is 0.343 bits per heavy atom. The Morgan fingerprint density at radius 2 is 0.600 bits per heavy atom. The second-order valence-electron chi connectivity index (χ2n) is 16.5. The monoisotopic (exact) mass is 476 g/mol. The van der Waals surface area contributed by atoms with Gasteiger partial charge in [0.05, 0.1) is 0 Å². The van der Waals surface area contributed by atoms with E-state index in [-0.39, 0.29) is 32.5 Å². The highest BCUT2D eigenvalue weighted by Gasteiger charge is 2.39. The van der Waals surface area contributed by atoms with Gasteiger partial charge in [-0.3, -0.25) is 0 Å². The molecule has 196 valence electrons. The van der Waals surface area contributed by atoms with E-state index in [0.29, 0.717) is 0 Å². The molecular weight excluding hydrogens is 420 g/mol. The van der Waals surface area contributed by atoms with E-state index in [1.807, 2.05) is 0 Å². The molecule has 0 nitrogen and oxygen atoms in total. The van der Waals surface area contributed by atoms with E-state index in [1.165, 1.54) is 38.9 Å². The third kappa shape index (κ3) is 6.06. The second kappa shape index (κ2) is 8.78. The van der Waals surface area contributed by atoms with Gasteiger partial charge >= 0.3 is 0 Å². The van der Waals surface area contributed by atoms with E-state index >= 15 is 0 Å². The minimum Gasteiger partial charge on any atom is -0.0617 e. The Labute approximate surface area is 219 Å². The van der Waals surface area contributed by atoms with Crippen LogP contribution in [0.3, 0.4) is 0 Å². The van der Waals surface area contributed by atoms with Crippen molar-refractivity contribution in [1.82, 2.24) is 0 Å². The zero-order valence-electron chi connectivity index (χ0n) is 26.4. The topological polar surface area (TPSA) is 0 Å². The van der Waals surface area contributed by atoms with Gasteiger partial charge in [0.2, 0.25) is 0 Å². The fraction of sp³-hybridized carbons (Fsp3) is 0.657. The van der Waals surface area contributed by atoms with Crippen LogP contribution in [-0.4, -0.2) is 0 Å². The summed E-state index contributed by atoms with van der Waals surface area (Å²) in [4.78, 5) is 0. The fourth-order valence-electron chi connectivity index (χ4n) is 5.59. The van der Waals surface area contributed by atoms with E-state index in [4.69, 9.17) is 0 Å². The lowest BCUT2D eigenvalue weighted by Gasteiger charge is -2.42. The van der Waals surface area contributed by atoms with Crippen molar-refractivity contribution < 1.29 is 0 Å². The normalized spacial score (nSPS) is 14.4. The number of hydrogen-bond acceptors (Lipinski definition) is 0. The minimum atomic E-state index is -0.147. The van der Waals surface area contributed by atoms with E-state index in [2.05, 4.69) is 148 Å². The molecule has 2 aromatic rings. The molecule has 0 spiro atoms. The molecule has 0 aliphatic carbocycles. The quantitative estimate of drug-likeness (QED) is 0.404. The van der Waals surface area contributed by atoms with Gasteiger partial charge in [0.25, 0.3) is 0 Å². The van der Waals surface area contributed by atoms with Gasteiger partial charge in [0.1, 0.15) is 0 Å². The molecule has 0 N–H and O–H groups in total. The molecule has 0 saturated heterocycles. The summed E-state index contributed by atoms with van der Waals surface area (Å²) in [5.74, 6) is 0. The van der Waals surface area contributed by atoms with Crippen molar-refractivity contribution >= 4 is 0 Å². The van der Waals surface area contributed by atoms with Crippen LogP contribution in [0.5, 0.6) is 0 Å². The van der Waals surface area contributed by atoms with Crippen LogP contribution >= 0.6 is 0 Å². The second-order valence-corrected chi connectivity index (χ2v) is 16.5. The zero-order chi connectivity index (χ0) is 27.6. The van der Waals surface area contributed by atoms with Crippen molar-refractivity contribution in [2.24, 2.45) is 0 Å². The maximum absolute atomic E-state index is 2.59. The molecule has 0 saturated carbocycles. The van der Waals surface area contributed by atoms with E-state index in [0.717, 1.165) is 0 Å². The van der Waals surface area contributed by atoms with Crippen LogP contribution in [0.25, 0.3) is 0 Å². The Morgan fingerprint density at radius 3 is 0.886 bits per heavy atom. The average molecular weight is 477 g/mol. The summed E-state index contributed by atoms with van der Waals surface area (Å²) in [6, 6.07) is 12.2. The molecule has 0 heterocycles. The Balaban J connectivity index is 3.17. The summed E-state index contributed by atoms with van der Waals surface area (Å²) >= 11 is 0. The lowest BCUT2D eigenvalue weighted by Crippen LogP contribution is -2.34. The van der Waals surface area contributed by atoms with E-state index in [1.54, 1.807) is 0 Å². The Bertz CT molecular complexity index is 1020. The van der Waals surface area contributed by atoms with Gasteiger partial charge in [-0.25, -0.2) is 0 Å². The first-order valence-electron chi connectivity index (χ1n) is 13.6. The molecule has 35 heavy (non-hydrogen) atoms. The Hall–Kier alpha value is -1.56. The molecule has 0 atom stereocenters. The molecule has 0 amide bonds. The summed E-state index contributed by atoms with van der Waals surface area (Å²) in [7, 11) is 0. The van der Waals surface area contributed by atoms with Crippen molar-refractivity contribution in [3.05, 3.63) is 69.3 Å². The van der Waals surface area contributed by atoms with Gasteiger partial charge in [-0.1, -0.05) is 148 Å². The van der Waals surface area contributed by atoms with Crippen LogP contribution in [-0.2, 0) is 32.5 Å². The van der Waals surface area contributed by atoms with Gasteiger partial charge < -0.3 is 0 Å². The highest BCUT2D eigenvalue weighted by Crippen LogP contribution is 2.48. The Kier molecular flexibility index (Phi) is 7.44. The number of hydrogen-bond donors (Lipinski definition) is 0. The predicted molar refractivity (Wildman–Crippen MR) is 159 cm³/mol. The summed E-state index contributed by atoms with van der Waals surface area (Å²) in [6.07, 6.45) is 0. The standard InChI is InChI=1S/C35H56/c1-30(2,3)23-19-18-20-24(31(4,5)6)29(23)35(16,17)28-22-26(33(10,11)12)25(32(7,8)9)21-27(28)34(13,14)15/h18-22H,1-17H3. The number of benzene rings is 2. The van der Waals surface area contributed by atoms with E-state index < -0.39 is 0 Å². The van der Waals surface area contributed by atoms with Crippen LogP contribution in [0.2, 0.25) is 0 Å². The van der Waals surface area contributed by atoms with Crippen LogP contribution in [0.1, 0.15) is 157 Å². The molecule has 0 bridgehead atoms. The van der Waals surface area contributed by atoms with Crippen molar-refractivity contribution in [2.75, 3.05) is 0 Å². The zero-order valence-corrected chi connectivity index (χ0v) is 26.4. The molecule has 0 radical (unpaired) electrons. The van der Waals surface area contributed by atoms with Gasteiger partial charge in [-0.2, -0.15) is 0 Å². The molecule has 2 aromatic carbocycles. The van der Waals surface area contributed by atoms with E-state index in [9.17, 15) is 0 Å². The molecule has 0 unspecified atom stereocenters. The van der Waals surface area contributed by atoms with Gasteiger partial charge in [-0.15, -0.1) is 0 Å². The van der Waals surface area contributed by atoms with Crippen LogP contribution in [0, 0.1) is 0 Å². The minimum absolute atomic E-state index is 0.0432. The van der Waals surface area contributed by atoms with Gasteiger partial charge in [0, 0.05) is 5.41 Å². The maximum atomic E-state index is 2.59. The fourth-order valence-corrected chi connectivity index (χ4v) is 5.59. The third-order valence-corrected chi connectivity index (χ3v) is 7.56. The summed E-state index contributed by atoms with van der Waals surface area (Å²) in [5, 5.41) is 0. The lowest BCUT2D eigenvalue weighted by atomic mass is 9.62. The first kappa shape index (κ1) is 29.7. The smallest absolute Gasteiger partial charge is 0.0155 e. The molecule has 0 aliphatic heterocycles. The van der Waals surface area contributed by atoms with Gasteiger partial charge in [0.15, 0.2) is 0 Å². The highest BCUT2D eigenvalue weighted by atomic mass is 14.4. The summed E-state index contributed by atoms with van der Waals surface area (Å²) < 4.78 is 0. The van der Waals surface area contributed by atoms with Crippen molar-refractivity contribution in [2.45, 2.75) is 150 Å². The first-order valence-corrected chi connectivity index (χ1v) is 13.6. The van der Waals surface area contributed by atoms with Crippen molar-refractivity contribution in [3.63, 3.8) is 0 Å². The van der Waals surface area contributed by atoms with Crippen LogP contribution in [0.15, 0.2) is 30.3 Å². The first-order chi connectivity index (χ1) is 15.3. The lowest BCUT2D eigenvalue weighted by molar-refractivity contribution is 0.490. The van der Waals surface area contributed by atoms with Gasteiger partial charge in [-0.05, 0) is 66.0 Å². The molecule has 0 aromatic heterocycles. The molecular formula is C35H56. The van der Waals surface area contributed by atoms with Crippen LogP contribution in [0.4, 0.5) is 0 Å². The molecule has 2 rings (SSSR count). The summed E-state index contributed by atoms with van der Waals surface area (Å²) in [5.41, 5.74) is 10.5. The third-order valence-electron chi connectivity index (χ3n) is 7.56. The maximum Gasteiger partial charge on any atom is 0.0155 e. The molecule has 0 fully saturated rings. The highest BCUT2D eigenvalue weighted by molar-refractivity contribution is 5.57. The average Bonchev–Trinajstić information content (AvgIpc) is 2.62.